The maximum Gasteiger partial charge on any atom is 0.0283 e. The molecule has 2 aliphatic rings. The van der Waals surface area contributed by atoms with Gasteiger partial charge in [0, 0.05) is 18.1 Å². The molecule has 0 atom stereocenters. The van der Waals surface area contributed by atoms with Crippen molar-refractivity contribution in [1.29, 1.82) is 0 Å². The van der Waals surface area contributed by atoms with Gasteiger partial charge in [-0.1, -0.05) is 26.2 Å². The van der Waals surface area contributed by atoms with Crippen molar-refractivity contribution in [3.63, 3.8) is 0 Å². The molecule has 0 aromatic rings. The highest BCUT2D eigenvalue weighted by atomic mass is 15.2. The number of hydrogen-bond donors (Lipinski definition) is 1. The monoisotopic (exact) mass is 238 g/mol. The zero-order chi connectivity index (χ0) is 12.3. The molecule has 0 aliphatic heterocycles. The van der Waals surface area contributed by atoms with E-state index in [2.05, 4.69) is 18.9 Å². The highest BCUT2D eigenvalue weighted by Crippen LogP contribution is 2.30. The third-order valence-corrected chi connectivity index (χ3v) is 5.02. The third-order valence-electron chi connectivity index (χ3n) is 5.02. The molecule has 2 saturated carbocycles. The summed E-state index contributed by atoms with van der Waals surface area (Å²) in [7, 11) is 2.30. The molecule has 0 saturated heterocycles. The van der Waals surface area contributed by atoms with E-state index in [1.165, 1.54) is 57.8 Å². The van der Waals surface area contributed by atoms with Gasteiger partial charge in [0.25, 0.3) is 0 Å². The van der Waals surface area contributed by atoms with E-state index in [9.17, 15) is 0 Å². The molecule has 0 amide bonds. The van der Waals surface area contributed by atoms with E-state index in [-0.39, 0.29) is 5.54 Å². The zero-order valence-electron chi connectivity index (χ0n) is 11.8. The second-order valence-electron chi connectivity index (χ2n) is 6.75. The number of hydrogen-bond acceptors (Lipinski definition) is 2. The molecule has 0 radical (unpaired) electrons. The summed E-state index contributed by atoms with van der Waals surface area (Å²) < 4.78 is 0. The lowest BCUT2D eigenvalue weighted by molar-refractivity contribution is 0.122. The normalized spacial score (nSPS) is 33.9. The molecule has 2 fully saturated rings. The van der Waals surface area contributed by atoms with Crippen molar-refractivity contribution in [2.24, 2.45) is 11.7 Å². The standard InChI is InChI=1S/C15H30N2/c1-13-6-8-14(9-7-13)17(2)12-15(16)10-4-3-5-11-15/h13-14H,3-12,16H2,1-2H3. The van der Waals surface area contributed by atoms with Gasteiger partial charge in [0.1, 0.15) is 0 Å². The van der Waals surface area contributed by atoms with Crippen LogP contribution in [0.1, 0.15) is 64.7 Å². The molecule has 0 spiro atoms. The first-order chi connectivity index (χ1) is 8.09. The predicted octanol–water partition coefficient (Wildman–Crippen LogP) is 3.16. The van der Waals surface area contributed by atoms with E-state index in [0.29, 0.717) is 0 Å². The second-order valence-corrected chi connectivity index (χ2v) is 6.75. The van der Waals surface area contributed by atoms with Gasteiger partial charge >= 0.3 is 0 Å². The maximum atomic E-state index is 6.55. The van der Waals surface area contributed by atoms with Crippen molar-refractivity contribution in [1.82, 2.24) is 4.90 Å². The van der Waals surface area contributed by atoms with Crippen molar-refractivity contribution in [2.45, 2.75) is 76.3 Å². The SMILES string of the molecule is CC1CCC(N(C)CC2(N)CCCCC2)CC1. The molecule has 2 N–H and O–H groups in total. The number of nitrogens with zero attached hydrogens (tertiary/aromatic N) is 1. The lowest BCUT2D eigenvalue weighted by atomic mass is 9.81. The molecule has 0 bridgehead atoms. The van der Waals surface area contributed by atoms with Gasteiger partial charge in [-0.25, -0.2) is 0 Å². The topological polar surface area (TPSA) is 29.3 Å². The molecular formula is C15H30N2. The Morgan fingerprint density at radius 1 is 1.06 bits per heavy atom. The fourth-order valence-electron chi connectivity index (χ4n) is 3.72. The van der Waals surface area contributed by atoms with E-state index >= 15 is 0 Å². The van der Waals surface area contributed by atoms with Gasteiger partial charge in [0.05, 0.1) is 0 Å². The molecule has 0 unspecified atom stereocenters. The summed E-state index contributed by atoms with van der Waals surface area (Å²) in [6.07, 6.45) is 12.1. The highest BCUT2D eigenvalue weighted by molar-refractivity contribution is 4.91. The number of rotatable bonds is 3. The second kappa shape index (κ2) is 5.71. The van der Waals surface area contributed by atoms with Gasteiger partial charge < -0.3 is 10.6 Å². The first-order valence-electron chi connectivity index (χ1n) is 7.58. The Balaban J connectivity index is 1.81. The molecule has 100 valence electrons. The predicted molar refractivity (Wildman–Crippen MR) is 74.1 cm³/mol. The van der Waals surface area contributed by atoms with Gasteiger partial charge in [-0.3, -0.25) is 0 Å². The quantitative estimate of drug-likeness (QED) is 0.818. The molecule has 2 aliphatic carbocycles. The molecular weight excluding hydrogens is 208 g/mol. The Morgan fingerprint density at radius 2 is 1.65 bits per heavy atom. The fraction of sp³-hybridized carbons (Fsp3) is 1.00. The van der Waals surface area contributed by atoms with Crippen LogP contribution in [0.15, 0.2) is 0 Å². The van der Waals surface area contributed by atoms with Crippen LogP contribution >= 0.6 is 0 Å². The Hall–Kier alpha value is -0.0800. The minimum absolute atomic E-state index is 0.121. The van der Waals surface area contributed by atoms with Gasteiger partial charge in [-0.05, 0) is 51.5 Å². The number of likely N-dealkylation sites (N-methyl/N-ethyl adjacent to an activating group) is 1. The van der Waals surface area contributed by atoms with E-state index < -0.39 is 0 Å². The largest absolute Gasteiger partial charge is 0.324 e. The Bertz CT molecular complexity index is 225. The molecule has 0 heterocycles. The van der Waals surface area contributed by atoms with E-state index in [0.717, 1.165) is 18.5 Å². The van der Waals surface area contributed by atoms with Crippen LogP contribution in [0.25, 0.3) is 0 Å². The van der Waals surface area contributed by atoms with Crippen molar-refractivity contribution in [2.75, 3.05) is 13.6 Å². The minimum Gasteiger partial charge on any atom is -0.324 e. The molecule has 17 heavy (non-hydrogen) atoms. The fourth-order valence-corrected chi connectivity index (χ4v) is 3.72. The molecule has 2 rings (SSSR count). The summed E-state index contributed by atoms with van der Waals surface area (Å²) in [5.41, 5.74) is 6.67. The summed E-state index contributed by atoms with van der Waals surface area (Å²) in [4.78, 5) is 2.57. The Labute approximate surface area is 107 Å². The summed E-state index contributed by atoms with van der Waals surface area (Å²) in [5, 5.41) is 0. The molecule has 2 heteroatoms. The smallest absolute Gasteiger partial charge is 0.0283 e. The van der Waals surface area contributed by atoms with Gasteiger partial charge in [-0.15, -0.1) is 0 Å². The first-order valence-corrected chi connectivity index (χ1v) is 7.58. The van der Waals surface area contributed by atoms with E-state index in [1.54, 1.807) is 0 Å². The average molecular weight is 238 g/mol. The van der Waals surface area contributed by atoms with Crippen molar-refractivity contribution in [3.05, 3.63) is 0 Å². The number of nitrogens with two attached hydrogens (primary N) is 1. The average Bonchev–Trinajstić information content (AvgIpc) is 2.30. The van der Waals surface area contributed by atoms with Gasteiger partial charge in [-0.2, -0.15) is 0 Å². The molecule has 0 aromatic carbocycles. The van der Waals surface area contributed by atoms with Crippen LogP contribution in [-0.2, 0) is 0 Å². The van der Waals surface area contributed by atoms with Gasteiger partial charge in [0.15, 0.2) is 0 Å². The van der Waals surface area contributed by atoms with Crippen LogP contribution in [0.4, 0.5) is 0 Å². The van der Waals surface area contributed by atoms with Crippen LogP contribution < -0.4 is 5.73 Å². The Morgan fingerprint density at radius 3 is 2.24 bits per heavy atom. The lowest BCUT2D eigenvalue weighted by Crippen LogP contribution is -2.53. The van der Waals surface area contributed by atoms with E-state index in [4.69, 9.17) is 5.73 Å². The van der Waals surface area contributed by atoms with Crippen LogP contribution in [0, 0.1) is 5.92 Å². The molecule has 0 aromatic heterocycles. The summed E-state index contributed by atoms with van der Waals surface area (Å²) in [5.74, 6) is 0.946. The Kier molecular flexibility index (Phi) is 4.48. The molecule has 2 nitrogen and oxygen atoms in total. The van der Waals surface area contributed by atoms with Crippen molar-refractivity contribution >= 4 is 0 Å². The van der Waals surface area contributed by atoms with Gasteiger partial charge in [0.2, 0.25) is 0 Å². The van der Waals surface area contributed by atoms with Crippen LogP contribution in [0.5, 0.6) is 0 Å². The van der Waals surface area contributed by atoms with E-state index in [1.807, 2.05) is 0 Å². The summed E-state index contributed by atoms with van der Waals surface area (Å²) in [6, 6.07) is 0.800. The van der Waals surface area contributed by atoms with Crippen LogP contribution in [0.3, 0.4) is 0 Å². The maximum absolute atomic E-state index is 6.55. The van der Waals surface area contributed by atoms with Crippen LogP contribution in [0.2, 0.25) is 0 Å². The minimum atomic E-state index is 0.121. The first kappa shape index (κ1) is 13.4. The zero-order valence-corrected chi connectivity index (χ0v) is 11.8. The van der Waals surface area contributed by atoms with Crippen molar-refractivity contribution < 1.29 is 0 Å². The summed E-state index contributed by atoms with van der Waals surface area (Å²) >= 11 is 0. The summed E-state index contributed by atoms with van der Waals surface area (Å²) in [6.45, 7) is 3.51. The lowest BCUT2D eigenvalue weighted by Gasteiger charge is -2.41. The highest BCUT2D eigenvalue weighted by Gasteiger charge is 2.31. The third kappa shape index (κ3) is 3.69. The van der Waals surface area contributed by atoms with Crippen molar-refractivity contribution in [3.8, 4) is 0 Å². The van der Waals surface area contributed by atoms with Crippen LogP contribution in [-0.4, -0.2) is 30.1 Å².